The van der Waals surface area contributed by atoms with E-state index >= 15 is 0 Å². The highest BCUT2D eigenvalue weighted by Gasteiger charge is 2.44. The predicted octanol–water partition coefficient (Wildman–Crippen LogP) is 3.10. The average Bonchev–Trinajstić information content (AvgIpc) is 3.11. The Balaban J connectivity index is 1.82. The van der Waals surface area contributed by atoms with Crippen LogP contribution in [0.25, 0.3) is 0 Å². The van der Waals surface area contributed by atoms with Crippen molar-refractivity contribution in [3.05, 3.63) is 42.0 Å². The predicted molar refractivity (Wildman–Crippen MR) is 71.0 cm³/mol. The van der Waals surface area contributed by atoms with Crippen LogP contribution in [0.3, 0.4) is 0 Å². The highest BCUT2D eigenvalue weighted by atomic mass is 19.1. The number of ether oxygens (including phenoxy) is 1. The first-order chi connectivity index (χ1) is 9.76. The van der Waals surface area contributed by atoms with Crippen LogP contribution in [0.2, 0.25) is 0 Å². The molecule has 104 valence electrons. The van der Waals surface area contributed by atoms with Crippen LogP contribution in [0.15, 0.2) is 30.6 Å². The molecule has 4 nitrogen and oxygen atoms in total. The molecule has 1 aliphatic carbocycles. The van der Waals surface area contributed by atoms with E-state index in [-0.39, 0.29) is 17.5 Å². The minimum Gasteiger partial charge on any atom is -0.487 e. The zero-order chi connectivity index (χ0) is 13.6. The topological polar surface area (TPSA) is 39.9 Å². The maximum Gasteiger partial charge on any atom is 0.125 e. The average molecular weight is 273 g/mol. The van der Waals surface area contributed by atoms with Crippen molar-refractivity contribution in [2.45, 2.75) is 43.7 Å². The Morgan fingerprint density at radius 3 is 2.90 bits per heavy atom. The number of benzene rings is 1. The number of aromatic nitrogens is 3. The number of nitrogens with zero attached hydrogens (tertiary/aromatic N) is 3. The number of hydrogen-bond acceptors (Lipinski definition) is 3. The van der Waals surface area contributed by atoms with E-state index in [2.05, 4.69) is 10.3 Å². The van der Waals surface area contributed by atoms with E-state index in [0.29, 0.717) is 0 Å². The first kappa shape index (κ1) is 11.9. The third kappa shape index (κ3) is 1.80. The van der Waals surface area contributed by atoms with Gasteiger partial charge in [-0.15, -0.1) is 5.10 Å². The first-order valence-corrected chi connectivity index (χ1v) is 7.10. The zero-order valence-electron chi connectivity index (χ0n) is 11.1. The summed E-state index contributed by atoms with van der Waals surface area (Å²) in [4.78, 5) is 0. The molecule has 5 heteroatoms. The lowest BCUT2D eigenvalue weighted by molar-refractivity contribution is 0.0352. The van der Waals surface area contributed by atoms with Gasteiger partial charge < -0.3 is 4.74 Å². The van der Waals surface area contributed by atoms with Gasteiger partial charge in [-0.05, 0) is 43.9 Å². The Labute approximate surface area is 116 Å². The Kier molecular flexibility index (Phi) is 2.55. The van der Waals surface area contributed by atoms with Crippen molar-refractivity contribution in [3.8, 4) is 5.75 Å². The smallest absolute Gasteiger partial charge is 0.125 e. The van der Waals surface area contributed by atoms with Gasteiger partial charge in [0, 0.05) is 18.2 Å². The van der Waals surface area contributed by atoms with Gasteiger partial charge in [0.05, 0.1) is 12.2 Å². The maximum atomic E-state index is 13.6. The van der Waals surface area contributed by atoms with E-state index in [1.165, 1.54) is 18.9 Å². The van der Waals surface area contributed by atoms with E-state index in [4.69, 9.17) is 4.74 Å². The Morgan fingerprint density at radius 1 is 1.30 bits per heavy atom. The summed E-state index contributed by atoms with van der Waals surface area (Å²) in [7, 11) is 0. The molecule has 0 unspecified atom stereocenters. The van der Waals surface area contributed by atoms with E-state index in [1.807, 2.05) is 10.9 Å². The molecule has 1 fully saturated rings. The highest BCUT2D eigenvalue weighted by molar-refractivity contribution is 5.40. The normalized spacial score (nSPS) is 23.6. The van der Waals surface area contributed by atoms with Gasteiger partial charge in [0.15, 0.2) is 0 Å². The molecule has 1 aliphatic heterocycles. The lowest BCUT2D eigenvalue weighted by Gasteiger charge is -2.39. The molecule has 0 N–H and O–H groups in total. The molecule has 1 saturated carbocycles. The molecule has 1 atom stereocenters. The fraction of sp³-hybridized carbons (Fsp3) is 0.467. The molecule has 0 saturated heterocycles. The molecule has 2 heterocycles. The molecule has 1 aromatic heterocycles. The van der Waals surface area contributed by atoms with Crippen molar-refractivity contribution in [1.29, 1.82) is 0 Å². The maximum absolute atomic E-state index is 13.6. The molecule has 4 rings (SSSR count). The van der Waals surface area contributed by atoms with Gasteiger partial charge in [-0.25, -0.2) is 9.07 Å². The van der Waals surface area contributed by atoms with Crippen molar-refractivity contribution in [1.82, 2.24) is 15.0 Å². The first-order valence-electron chi connectivity index (χ1n) is 7.10. The van der Waals surface area contributed by atoms with Crippen LogP contribution in [-0.4, -0.2) is 20.6 Å². The third-order valence-corrected chi connectivity index (χ3v) is 4.50. The molecule has 0 radical (unpaired) electrons. The Morgan fingerprint density at radius 2 is 2.15 bits per heavy atom. The lowest BCUT2D eigenvalue weighted by atomic mass is 9.86. The summed E-state index contributed by atoms with van der Waals surface area (Å²) in [5, 5.41) is 8.00. The largest absolute Gasteiger partial charge is 0.487 e. The summed E-state index contributed by atoms with van der Waals surface area (Å²) >= 11 is 0. The van der Waals surface area contributed by atoms with Crippen molar-refractivity contribution in [2.24, 2.45) is 0 Å². The highest BCUT2D eigenvalue weighted by Crippen LogP contribution is 2.48. The van der Waals surface area contributed by atoms with Crippen LogP contribution in [0.4, 0.5) is 4.39 Å². The van der Waals surface area contributed by atoms with E-state index in [1.54, 1.807) is 18.3 Å². The molecule has 1 aromatic carbocycles. The van der Waals surface area contributed by atoms with Crippen molar-refractivity contribution >= 4 is 0 Å². The summed E-state index contributed by atoms with van der Waals surface area (Å²) in [6.45, 7) is 0. The minimum absolute atomic E-state index is 0.00931. The fourth-order valence-corrected chi connectivity index (χ4v) is 3.56. The lowest BCUT2D eigenvalue weighted by Crippen LogP contribution is -2.40. The van der Waals surface area contributed by atoms with Crippen LogP contribution < -0.4 is 4.74 Å². The van der Waals surface area contributed by atoms with Gasteiger partial charge in [0.1, 0.15) is 17.2 Å². The van der Waals surface area contributed by atoms with Crippen molar-refractivity contribution in [2.75, 3.05) is 0 Å². The van der Waals surface area contributed by atoms with Crippen LogP contribution in [-0.2, 0) is 0 Å². The second-order valence-corrected chi connectivity index (χ2v) is 5.78. The molecule has 1 spiro atoms. The summed E-state index contributed by atoms with van der Waals surface area (Å²) in [5.41, 5.74) is 0.759. The molecule has 0 amide bonds. The number of fused-ring (bicyclic) bond motifs is 1. The van der Waals surface area contributed by atoms with E-state index in [9.17, 15) is 4.39 Å². The summed E-state index contributed by atoms with van der Waals surface area (Å²) in [5.74, 6) is 0.555. The second kappa shape index (κ2) is 4.30. The summed E-state index contributed by atoms with van der Waals surface area (Å²) in [6.07, 6.45) is 8.86. The van der Waals surface area contributed by atoms with E-state index in [0.717, 1.165) is 30.6 Å². The van der Waals surface area contributed by atoms with Crippen molar-refractivity contribution < 1.29 is 9.13 Å². The minimum atomic E-state index is -0.236. The molecule has 20 heavy (non-hydrogen) atoms. The quantitative estimate of drug-likeness (QED) is 0.801. The van der Waals surface area contributed by atoms with Gasteiger partial charge in [0.2, 0.25) is 0 Å². The van der Waals surface area contributed by atoms with Gasteiger partial charge in [-0.1, -0.05) is 5.21 Å². The molecule has 2 aromatic rings. The number of halogens is 1. The Bertz CT molecular complexity index is 620. The summed E-state index contributed by atoms with van der Waals surface area (Å²) in [6, 6.07) is 4.78. The summed E-state index contributed by atoms with van der Waals surface area (Å²) < 4.78 is 21.6. The zero-order valence-corrected chi connectivity index (χ0v) is 11.1. The molecular formula is C15H16FN3O. The fourth-order valence-electron chi connectivity index (χ4n) is 3.56. The number of hydrogen-bond donors (Lipinski definition) is 0. The second-order valence-electron chi connectivity index (χ2n) is 5.78. The van der Waals surface area contributed by atoms with Crippen LogP contribution >= 0.6 is 0 Å². The van der Waals surface area contributed by atoms with Crippen LogP contribution in [0, 0.1) is 5.82 Å². The van der Waals surface area contributed by atoms with Crippen LogP contribution in [0.1, 0.15) is 43.7 Å². The molecule has 2 aliphatic rings. The number of rotatable bonds is 1. The SMILES string of the molecule is Fc1ccc2c(c1)[C@H](n1ccnn1)CC1(CCCC1)O2. The van der Waals surface area contributed by atoms with Gasteiger partial charge >= 0.3 is 0 Å². The third-order valence-electron chi connectivity index (χ3n) is 4.50. The standard InChI is InChI=1S/C15H16FN3O/c16-11-3-4-14-12(9-11)13(19-8-7-17-18-19)10-15(20-14)5-1-2-6-15/h3-4,7-9,13H,1-2,5-6,10H2/t13-/m1/s1. The monoisotopic (exact) mass is 273 g/mol. The van der Waals surface area contributed by atoms with Crippen molar-refractivity contribution in [3.63, 3.8) is 0 Å². The Hall–Kier alpha value is -1.91. The molecule has 0 bridgehead atoms. The van der Waals surface area contributed by atoms with Crippen LogP contribution in [0.5, 0.6) is 5.75 Å². The van der Waals surface area contributed by atoms with E-state index < -0.39 is 0 Å². The van der Waals surface area contributed by atoms with Gasteiger partial charge in [-0.2, -0.15) is 0 Å². The van der Waals surface area contributed by atoms with Gasteiger partial charge in [-0.3, -0.25) is 0 Å². The van der Waals surface area contributed by atoms with Gasteiger partial charge in [0.25, 0.3) is 0 Å². The molecular weight excluding hydrogens is 257 g/mol.